The summed E-state index contributed by atoms with van der Waals surface area (Å²) in [7, 11) is 1.15. The third-order valence-corrected chi connectivity index (χ3v) is 2.76. The molecule has 0 radical (unpaired) electrons. The molecule has 0 aliphatic carbocycles. The predicted molar refractivity (Wildman–Crippen MR) is 60.0 cm³/mol. The summed E-state index contributed by atoms with van der Waals surface area (Å²) in [6.45, 7) is -1.03. The Labute approximate surface area is 107 Å². The molecule has 1 aromatic rings. The quantitative estimate of drug-likeness (QED) is 0.834. The van der Waals surface area contributed by atoms with Crippen LogP contribution in [-0.2, 0) is 9.47 Å². The lowest BCUT2D eigenvalue weighted by Crippen LogP contribution is -2.50. The molecule has 0 aromatic heterocycles. The van der Waals surface area contributed by atoms with E-state index in [0.717, 1.165) is 7.11 Å². The highest BCUT2D eigenvalue weighted by molar-refractivity contribution is 5.91. The van der Waals surface area contributed by atoms with Crippen molar-refractivity contribution in [1.29, 1.82) is 0 Å². The average molecular weight is 271 g/mol. The number of methoxy groups -OCH3 is 1. The van der Waals surface area contributed by atoms with E-state index in [-0.39, 0.29) is 11.1 Å². The number of ether oxygens (including phenoxy) is 2. The highest BCUT2D eigenvalue weighted by atomic mass is 19.3. The molecule has 1 saturated heterocycles. The lowest BCUT2D eigenvalue weighted by molar-refractivity contribution is -0.104. The molecule has 1 N–H and O–H groups in total. The second-order valence-corrected chi connectivity index (χ2v) is 3.99. The number of carbonyl (C=O) groups excluding carboxylic acids is 2. The average Bonchev–Trinajstić information content (AvgIpc) is 2.41. The molecule has 102 valence electrons. The molecule has 1 aliphatic rings. The maximum atomic E-state index is 13.8. The van der Waals surface area contributed by atoms with E-state index in [1.165, 1.54) is 24.3 Å². The lowest BCUT2D eigenvalue weighted by atomic mass is 9.95. The summed E-state index contributed by atoms with van der Waals surface area (Å²) < 4.78 is 36.4. The van der Waals surface area contributed by atoms with Gasteiger partial charge in [0, 0.05) is 0 Å². The molecule has 19 heavy (non-hydrogen) atoms. The molecule has 1 atom stereocenters. The van der Waals surface area contributed by atoms with Crippen LogP contribution in [0.3, 0.4) is 0 Å². The second-order valence-electron chi connectivity index (χ2n) is 3.99. The Hall–Kier alpha value is -2.18. The molecule has 1 aromatic carbocycles. The Morgan fingerprint density at radius 3 is 2.84 bits per heavy atom. The Kier molecular flexibility index (Phi) is 3.37. The molecule has 0 spiro atoms. The van der Waals surface area contributed by atoms with Crippen molar-refractivity contribution in [2.24, 2.45) is 0 Å². The van der Waals surface area contributed by atoms with Crippen molar-refractivity contribution in [2.45, 2.75) is 12.0 Å². The van der Waals surface area contributed by atoms with Gasteiger partial charge in [0.2, 0.25) is 0 Å². The number of hydrogen-bond acceptors (Lipinski definition) is 4. The van der Waals surface area contributed by atoms with Gasteiger partial charge < -0.3 is 14.8 Å². The first-order valence-electron chi connectivity index (χ1n) is 5.44. The number of nitrogens with one attached hydrogen (secondary N) is 1. The van der Waals surface area contributed by atoms with Gasteiger partial charge in [-0.2, -0.15) is 0 Å². The molecule has 1 amide bonds. The number of alkyl halides is 2. The van der Waals surface area contributed by atoms with Crippen LogP contribution in [0.4, 0.5) is 13.6 Å². The van der Waals surface area contributed by atoms with Crippen LogP contribution >= 0.6 is 0 Å². The van der Waals surface area contributed by atoms with Crippen LogP contribution in [0.15, 0.2) is 24.3 Å². The minimum Gasteiger partial charge on any atom is -0.465 e. The smallest absolute Gasteiger partial charge is 0.408 e. The van der Waals surface area contributed by atoms with Crippen LogP contribution in [0.2, 0.25) is 0 Å². The van der Waals surface area contributed by atoms with E-state index in [9.17, 15) is 18.4 Å². The Balaban J connectivity index is 2.45. The van der Waals surface area contributed by atoms with Crippen molar-refractivity contribution < 1.29 is 27.8 Å². The lowest BCUT2D eigenvalue weighted by Gasteiger charge is -2.32. The fourth-order valence-corrected chi connectivity index (χ4v) is 1.86. The monoisotopic (exact) mass is 271 g/mol. The number of halogens is 2. The minimum absolute atomic E-state index is 0.00370. The van der Waals surface area contributed by atoms with Gasteiger partial charge in [0.1, 0.15) is 6.04 Å². The Morgan fingerprint density at radius 2 is 2.16 bits per heavy atom. The largest absolute Gasteiger partial charge is 0.465 e. The number of rotatable bonds is 2. The predicted octanol–water partition coefficient (Wildman–Crippen LogP) is 1.89. The van der Waals surface area contributed by atoms with Crippen molar-refractivity contribution >= 4 is 12.1 Å². The van der Waals surface area contributed by atoms with E-state index in [0.29, 0.717) is 0 Å². The van der Waals surface area contributed by atoms with E-state index in [1.54, 1.807) is 0 Å². The molecule has 0 bridgehead atoms. The number of alkyl carbamates (subject to hydrolysis) is 1. The molecule has 0 saturated carbocycles. The first-order valence-corrected chi connectivity index (χ1v) is 5.44. The van der Waals surface area contributed by atoms with Crippen LogP contribution in [-0.4, -0.2) is 31.7 Å². The van der Waals surface area contributed by atoms with Gasteiger partial charge in [-0.05, 0) is 11.6 Å². The number of esters is 1. The van der Waals surface area contributed by atoms with Crippen LogP contribution in [0.5, 0.6) is 0 Å². The van der Waals surface area contributed by atoms with E-state index in [2.05, 4.69) is 9.47 Å². The first kappa shape index (κ1) is 13.3. The molecule has 1 aliphatic heterocycles. The van der Waals surface area contributed by atoms with Crippen LogP contribution in [0, 0.1) is 0 Å². The van der Waals surface area contributed by atoms with Crippen molar-refractivity contribution in [3.8, 4) is 0 Å². The van der Waals surface area contributed by atoms with Gasteiger partial charge in [0.05, 0.1) is 12.7 Å². The van der Waals surface area contributed by atoms with Crippen molar-refractivity contribution in [1.82, 2.24) is 5.32 Å². The van der Waals surface area contributed by atoms with Gasteiger partial charge >= 0.3 is 18.0 Å². The number of benzene rings is 1. The van der Waals surface area contributed by atoms with E-state index < -0.39 is 30.6 Å². The van der Waals surface area contributed by atoms with E-state index in [4.69, 9.17) is 0 Å². The zero-order valence-electron chi connectivity index (χ0n) is 9.98. The first-order chi connectivity index (χ1) is 8.95. The summed E-state index contributed by atoms with van der Waals surface area (Å²) in [4.78, 5) is 22.7. The highest BCUT2D eigenvalue weighted by Crippen LogP contribution is 2.36. The normalized spacial score (nSPS) is 21.2. The molecule has 7 heteroatoms. The molecule has 5 nitrogen and oxygen atoms in total. The molecule has 0 unspecified atom stereocenters. The highest BCUT2D eigenvalue weighted by Gasteiger charge is 2.47. The fourth-order valence-electron chi connectivity index (χ4n) is 1.86. The van der Waals surface area contributed by atoms with Gasteiger partial charge in [0.25, 0.3) is 0 Å². The molecule has 1 heterocycles. The van der Waals surface area contributed by atoms with Crippen molar-refractivity contribution in [2.75, 3.05) is 13.7 Å². The fraction of sp³-hybridized carbons (Fsp3) is 0.333. The van der Waals surface area contributed by atoms with E-state index >= 15 is 0 Å². The summed E-state index contributed by atoms with van der Waals surface area (Å²) >= 11 is 0. The van der Waals surface area contributed by atoms with Crippen LogP contribution in [0.25, 0.3) is 0 Å². The maximum Gasteiger partial charge on any atom is 0.408 e. The summed E-state index contributed by atoms with van der Waals surface area (Å²) in [6.07, 6.45) is -0.949. The molecular formula is C12H11F2NO4. The zero-order valence-corrected chi connectivity index (χ0v) is 9.98. The minimum atomic E-state index is -3.31. The molecule has 2 rings (SSSR count). The van der Waals surface area contributed by atoms with Gasteiger partial charge in [0.15, 0.2) is 6.61 Å². The summed E-state index contributed by atoms with van der Waals surface area (Å²) in [5.41, 5.74) is -0.0205. The molecule has 1 fully saturated rings. The van der Waals surface area contributed by atoms with Crippen LogP contribution < -0.4 is 5.32 Å². The number of carbonyl (C=O) groups is 2. The number of amides is 1. The Morgan fingerprint density at radius 1 is 1.47 bits per heavy atom. The Bertz CT molecular complexity index is 518. The zero-order chi connectivity index (χ0) is 14.0. The van der Waals surface area contributed by atoms with Crippen molar-refractivity contribution in [3.63, 3.8) is 0 Å². The van der Waals surface area contributed by atoms with Crippen LogP contribution in [0.1, 0.15) is 22.0 Å². The molecular weight excluding hydrogens is 260 g/mol. The van der Waals surface area contributed by atoms with Gasteiger partial charge in [-0.15, -0.1) is 0 Å². The van der Waals surface area contributed by atoms with Gasteiger partial charge in [-0.3, -0.25) is 0 Å². The summed E-state index contributed by atoms with van der Waals surface area (Å²) in [5, 5.41) is 2.02. The van der Waals surface area contributed by atoms with E-state index in [1.807, 2.05) is 5.32 Å². The maximum absolute atomic E-state index is 13.8. The summed E-state index contributed by atoms with van der Waals surface area (Å²) in [6, 6.07) is 4.10. The van der Waals surface area contributed by atoms with Gasteiger partial charge in [-0.1, -0.05) is 18.2 Å². The third kappa shape index (κ3) is 2.49. The summed E-state index contributed by atoms with van der Waals surface area (Å²) in [5.74, 6) is -4.05. The number of cyclic esters (lactones) is 1. The topological polar surface area (TPSA) is 64.6 Å². The second kappa shape index (κ2) is 4.83. The van der Waals surface area contributed by atoms with Crippen molar-refractivity contribution in [3.05, 3.63) is 35.4 Å². The SMILES string of the molecule is COC(=O)c1ccccc1[C@H]1NC(=O)OCC1(F)F. The number of hydrogen-bond donors (Lipinski definition) is 1. The third-order valence-electron chi connectivity index (χ3n) is 2.76. The van der Waals surface area contributed by atoms with Gasteiger partial charge in [-0.25, -0.2) is 18.4 Å². The standard InChI is InChI=1S/C12H11F2NO4/c1-18-10(16)8-5-3-2-4-7(8)9-12(13,14)6-19-11(17)15-9/h2-5,9H,6H2,1H3,(H,15,17)/t9-/m1/s1.